The van der Waals surface area contributed by atoms with Gasteiger partial charge in [0.25, 0.3) is 0 Å². The smallest absolute Gasteiger partial charge is 0.337 e. The second kappa shape index (κ2) is 6.43. The first-order valence-corrected chi connectivity index (χ1v) is 6.62. The number of nitrogens with two attached hydrogens (primary N) is 1. The van der Waals surface area contributed by atoms with Crippen LogP contribution >= 0.6 is 0 Å². The van der Waals surface area contributed by atoms with Crippen LogP contribution in [-0.4, -0.2) is 30.8 Å². The van der Waals surface area contributed by atoms with Crippen LogP contribution in [0.5, 0.6) is 0 Å². The molecule has 4 N–H and O–H groups in total. The number of aromatic carboxylic acids is 1. The fourth-order valence-corrected chi connectivity index (χ4v) is 1.84. The number of nitrogens with one attached hydrogen (secondary N) is 1. The number of rotatable bonds is 8. The quantitative estimate of drug-likeness (QED) is 0.495. The summed E-state index contributed by atoms with van der Waals surface area (Å²) in [6.07, 6.45) is 3.48. The third-order valence-electron chi connectivity index (χ3n) is 3.17. The van der Waals surface area contributed by atoms with E-state index in [1.165, 1.54) is 18.9 Å². The molecule has 5 heteroatoms. The first-order chi connectivity index (χ1) is 9.18. The summed E-state index contributed by atoms with van der Waals surface area (Å²) in [5.41, 5.74) is 6.89. The van der Waals surface area contributed by atoms with Gasteiger partial charge in [-0.1, -0.05) is 6.07 Å². The Morgan fingerprint density at radius 2 is 2.26 bits per heavy atom. The van der Waals surface area contributed by atoms with E-state index in [-0.39, 0.29) is 11.3 Å². The number of benzene rings is 1. The number of anilines is 2. The maximum atomic E-state index is 10.9. The Labute approximate surface area is 112 Å². The first-order valence-electron chi connectivity index (χ1n) is 6.62. The first kappa shape index (κ1) is 13.7. The lowest BCUT2D eigenvalue weighted by atomic mass is 10.1. The average Bonchev–Trinajstić information content (AvgIpc) is 3.19. The van der Waals surface area contributed by atoms with Crippen LogP contribution in [0.1, 0.15) is 29.6 Å². The van der Waals surface area contributed by atoms with Crippen molar-refractivity contribution in [3.63, 3.8) is 0 Å². The van der Waals surface area contributed by atoms with Gasteiger partial charge in [-0.15, -0.1) is 0 Å². The monoisotopic (exact) mass is 264 g/mol. The molecule has 0 unspecified atom stereocenters. The van der Waals surface area contributed by atoms with E-state index >= 15 is 0 Å². The average molecular weight is 264 g/mol. The molecule has 1 aromatic rings. The molecule has 0 heterocycles. The Hall–Kier alpha value is -1.75. The number of hydrogen-bond acceptors (Lipinski definition) is 4. The van der Waals surface area contributed by atoms with Gasteiger partial charge in [0.1, 0.15) is 0 Å². The number of carbonyl (C=O) groups is 1. The van der Waals surface area contributed by atoms with E-state index in [0.717, 1.165) is 32.1 Å². The minimum absolute atomic E-state index is 0.134. The summed E-state index contributed by atoms with van der Waals surface area (Å²) in [4.78, 5) is 10.9. The number of para-hydroxylation sites is 1. The van der Waals surface area contributed by atoms with Crippen molar-refractivity contribution in [3.05, 3.63) is 23.8 Å². The maximum absolute atomic E-state index is 10.9. The third-order valence-corrected chi connectivity index (χ3v) is 3.17. The second-order valence-corrected chi connectivity index (χ2v) is 4.87. The van der Waals surface area contributed by atoms with Crippen molar-refractivity contribution in [2.24, 2.45) is 5.92 Å². The van der Waals surface area contributed by atoms with Gasteiger partial charge in [0.15, 0.2) is 0 Å². The molecule has 0 radical (unpaired) electrons. The van der Waals surface area contributed by atoms with Crippen molar-refractivity contribution in [1.82, 2.24) is 0 Å². The second-order valence-electron chi connectivity index (χ2n) is 4.87. The summed E-state index contributed by atoms with van der Waals surface area (Å²) >= 11 is 0. The van der Waals surface area contributed by atoms with Crippen molar-refractivity contribution in [2.75, 3.05) is 30.8 Å². The highest BCUT2D eigenvalue weighted by atomic mass is 16.5. The Morgan fingerprint density at radius 3 is 2.95 bits per heavy atom. The molecule has 0 aromatic heterocycles. The number of nitrogen functional groups attached to an aromatic ring is 1. The van der Waals surface area contributed by atoms with Gasteiger partial charge in [-0.3, -0.25) is 0 Å². The zero-order valence-corrected chi connectivity index (χ0v) is 10.9. The third kappa shape index (κ3) is 4.13. The molecular formula is C14H20N2O3. The molecule has 1 aromatic carbocycles. The number of carboxylic acids is 1. The highest BCUT2D eigenvalue weighted by Gasteiger charge is 2.20. The zero-order chi connectivity index (χ0) is 13.7. The van der Waals surface area contributed by atoms with E-state index in [9.17, 15) is 4.79 Å². The topological polar surface area (TPSA) is 84.6 Å². The van der Waals surface area contributed by atoms with Crippen molar-refractivity contribution in [2.45, 2.75) is 19.3 Å². The van der Waals surface area contributed by atoms with Gasteiger partial charge < -0.3 is 20.9 Å². The van der Waals surface area contributed by atoms with Crippen LogP contribution in [0.3, 0.4) is 0 Å². The Morgan fingerprint density at radius 1 is 1.47 bits per heavy atom. The molecule has 0 bridgehead atoms. The molecule has 104 valence electrons. The van der Waals surface area contributed by atoms with Gasteiger partial charge in [0, 0.05) is 19.8 Å². The molecule has 1 aliphatic carbocycles. The predicted octanol–water partition coefficient (Wildman–Crippen LogP) is 2.20. The van der Waals surface area contributed by atoms with Crippen molar-refractivity contribution >= 4 is 17.3 Å². The van der Waals surface area contributed by atoms with Crippen molar-refractivity contribution in [1.29, 1.82) is 0 Å². The predicted molar refractivity (Wildman–Crippen MR) is 74.5 cm³/mol. The molecule has 2 rings (SSSR count). The van der Waals surface area contributed by atoms with Gasteiger partial charge in [-0.2, -0.15) is 0 Å². The van der Waals surface area contributed by atoms with E-state index in [1.54, 1.807) is 12.1 Å². The minimum Gasteiger partial charge on any atom is -0.478 e. The van der Waals surface area contributed by atoms with Gasteiger partial charge in [-0.25, -0.2) is 4.79 Å². The zero-order valence-electron chi connectivity index (χ0n) is 10.9. The molecule has 5 nitrogen and oxygen atoms in total. The lowest BCUT2D eigenvalue weighted by Crippen LogP contribution is -2.10. The molecule has 0 spiro atoms. The largest absolute Gasteiger partial charge is 0.478 e. The minimum atomic E-state index is -1.01. The molecule has 0 aliphatic heterocycles. The SMILES string of the molecule is Nc1c(NCCCOCC2CC2)cccc1C(=O)O. The van der Waals surface area contributed by atoms with Crippen LogP contribution in [0.25, 0.3) is 0 Å². The number of ether oxygens (including phenoxy) is 1. The van der Waals surface area contributed by atoms with E-state index in [0.29, 0.717) is 5.69 Å². The van der Waals surface area contributed by atoms with E-state index in [4.69, 9.17) is 15.6 Å². The Kier molecular flexibility index (Phi) is 4.63. The van der Waals surface area contributed by atoms with Crippen LogP contribution in [-0.2, 0) is 4.74 Å². The van der Waals surface area contributed by atoms with Crippen LogP contribution < -0.4 is 11.1 Å². The van der Waals surface area contributed by atoms with Crippen LogP contribution in [0, 0.1) is 5.92 Å². The molecule has 1 aliphatic rings. The van der Waals surface area contributed by atoms with Crippen LogP contribution in [0.4, 0.5) is 11.4 Å². The fraction of sp³-hybridized carbons (Fsp3) is 0.500. The maximum Gasteiger partial charge on any atom is 0.337 e. The molecule has 0 saturated heterocycles. The van der Waals surface area contributed by atoms with Crippen molar-refractivity contribution in [3.8, 4) is 0 Å². The number of carboxylic acid groups (broad SMARTS) is 1. The lowest BCUT2D eigenvalue weighted by molar-refractivity contribution is 0.0698. The Balaban J connectivity index is 1.72. The lowest BCUT2D eigenvalue weighted by Gasteiger charge is -2.11. The molecule has 1 fully saturated rings. The van der Waals surface area contributed by atoms with E-state index in [2.05, 4.69) is 5.32 Å². The summed E-state index contributed by atoms with van der Waals surface area (Å²) in [5.74, 6) is -0.218. The van der Waals surface area contributed by atoms with E-state index in [1.807, 2.05) is 0 Å². The summed E-state index contributed by atoms with van der Waals surface area (Å²) in [7, 11) is 0. The highest BCUT2D eigenvalue weighted by Crippen LogP contribution is 2.28. The normalized spacial score (nSPS) is 14.3. The highest BCUT2D eigenvalue weighted by molar-refractivity contribution is 5.97. The molecule has 0 amide bonds. The van der Waals surface area contributed by atoms with Crippen molar-refractivity contribution < 1.29 is 14.6 Å². The number of hydrogen-bond donors (Lipinski definition) is 3. The van der Waals surface area contributed by atoms with Gasteiger partial charge in [0.2, 0.25) is 0 Å². The molecule has 0 atom stereocenters. The molecule has 1 saturated carbocycles. The summed E-state index contributed by atoms with van der Waals surface area (Å²) in [6, 6.07) is 4.97. The van der Waals surface area contributed by atoms with Gasteiger partial charge in [0.05, 0.1) is 16.9 Å². The summed E-state index contributed by atoms with van der Waals surface area (Å²) in [5, 5.41) is 12.1. The fourth-order valence-electron chi connectivity index (χ4n) is 1.84. The standard InChI is InChI=1S/C14H20N2O3/c15-13-11(14(17)18)3-1-4-12(13)16-7-2-8-19-9-10-5-6-10/h1,3-4,10,16H,2,5-9,15H2,(H,17,18). The van der Waals surface area contributed by atoms with Gasteiger partial charge in [-0.05, 0) is 37.3 Å². The van der Waals surface area contributed by atoms with E-state index < -0.39 is 5.97 Å². The molecule has 19 heavy (non-hydrogen) atoms. The van der Waals surface area contributed by atoms with Gasteiger partial charge >= 0.3 is 5.97 Å². The Bertz CT molecular complexity index is 444. The molecular weight excluding hydrogens is 244 g/mol. The van der Waals surface area contributed by atoms with Crippen LogP contribution in [0.2, 0.25) is 0 Å². The van der Waals surface area contributed by atoms with Crippen LogP contribution in [0.15, 0.2) is 18.2 Å². The summed E-state index contributed by atoms with van der Waals surface area (Å²) in [6.45, 7) is 2.32. The summed E-state index contributed by atoms with van der Waals surface area (Å²) < 4.78 is 5.52.